The van der Waals surface area contributed by atoms with Gasteiger partial charge in [-0.05, 0) is 54.9 Å². The second-order valence-corrected chi connectivity index (χ2v) is 13.2. The van der Waals surface area contributed by atoms with E-state index in [1.54, 1.807) is 5.30 Å². The molecule has 35 heavy (non-hydrogen) atoms. The van der Waals surface area contributed by atoms with Gasteiger partial charge in [0.2, 0.25) is 0 Å². The van der Waals surface area contributed by atoms with E-state index in [1.807, 2.05) is 0 Å². The SMILES string of the molecule is CCP(c1ccccc1C1=N[C@@H](c2ccc(C)cc2)[C@H](c2ccc(C)cc2)N1C)C1CCCCC1. The summed E-state index contributed by atoms with van der Waals surface area (Å²) in [6.45, 7) is 6.73. The second kappa shape index (κ2) is 10.7. The molecule has 3 aromatic rings. The van der Waals surface area contributed by atoms with Crippen LogP contribution in [0.4, 0.5) is 0 Å². The number of hydrogen-bond donors (Lipinski definition) is 0. The molecule has 0 radical (unpaired) electrons. The third-order valence-corrected chi connectivity index (χ3v) is 11.0. The van der Waals surface area contributed by atoms with Crippen molar-refractivity contribution in [2.24, 2.45) is 4.99 Å². The molecule has 1 fully saturated rings. The standard InChI is InChI=1S/C32H39N2P/c1-5-35(27-11-7-6-8-12-27)29-14-10-9-13-28(29)32-33-30(25-19-15-23(2)16-20-25)31(34(32)4)26-21-17-24(3)18-22-26/h9-10,13-22,27,30-31H,5-8,11-12H2,1-4H3/t30-,31-,35?/m0/s1. The van der Waals surface area contributed by atoms with E-state index in [1.165, 1.54) is 66.1 Å². The van der Waals surface area contributed by atoms with Gasteiger partial charge in [-0.3, -0.25) is 4.99 Å². The number of hydrogen-bond acceptors (Lipinski definition) is 2. The van der Waals surface area contributed by atoms with Crippen molar-refractivity contribution in [2.45, 2.75) is 70.6 Å². The molecule has 0 N–H and O–H groups in total. The molecule has 0 spiro atoms. The molecule has 182 valence electrons. The van der Waals surface area contributed by atoms with Crippen LogP contribution in [0.3, 0.4) is 0 Å². The zero-order chi connectivity index (χ0) is 24.4. The minimum Gasteiger partial charge on any atom is -0.350 e. The summed E-state index contributed by atoms with van der Waals surface area (Å²) in [7, 11) is 2.07. The highest BCUT2D eigenvalue weighted by atomic mass is 31.1. The summed E-state index contributed by atoms with van der Waals surface area (Å²) in [5, 5.41) is 1.56. The van der Waals surface area contributed by atoms with E-state index in [0.29, 0.717) is 0 Å². The zero-order valence-electron chi connectivity index (χ0n) is 21.7. The van der Waals surface area contributed by atoms with Crippen LogP contribution < -0.4 is 5.30 Å². The first kappa shape index (κ1) is 24.3. The minimum atomic E-state index is -0.181. The molecule has 2 nitrogen and oxygen atoms in total. The predicted molar refractivity (Wildman–Crippen MR) is 153 cm³/mol. The van der Waals surface area contributed by atoms with Crippen LogP contribution in [0, 0.1) is 13.8 Å². The molecular weight excluding hydrogens is 443 g/mol. The molecule has 1 saturated carbocycles. The van der Waals surface area contributed by atoms with Crippen molar-refractivity contribution in [3.05, 3.63) is 101 Å². The molecule has 0 aromatic heterocycles. The number of benzene rings is 3. The predicted octanol–water partition coefficient (Wildman–Crippen LogP) is 7.94. The number of likely N-dealkylation sites (N-methyl/N-ethyl adjacent to an activating group) is 1. The van der Waals surface area contributed by atoms with Gasteiger partial charge in [0, 0.05) is 12.6 Å². The number of aryl methyl sites for hydroxylation is 2. The lowest BCUT2D eigenvalue weighted by atomic mass is 9.93. The van der Waals surface area contributed by atoms with Crippen LogP contribution in [-0.2, 0) is 0 Å². The summed E-state index contributed by atoms with van der Waals surface area (Å²) in [6.07, 6.45) is 8.27. The van der Waals surface area contributed by atoms with Crippen molar-refractivity contribution >= 4 is 19.1 Å². The van der Waals surface area contributed by atoms with Crippen LogP contribution in [0.15, 0.2) is 77.8 Å². The van der Waals surface area contributed by atoms with Gasteiger partial charge in [0.1, 0.15) is 11.9 Å². The van der Waals surface area contributed by atoms with Gasteiger partial charge in [0.05, 0.1) is 6.04 Å². The average molecular weight is 483 g/mol. The lowest BCUT2D eigenvalue weighted by Gasteiger charge is -2.33. The molecule has 0 amide bonds. The Labute approximate surface area is 213 Å². The van der Waals surface area contributed by atoms with Crippen LogP contribution in [0.25, 0.3) is 0 Å². The van der Waals surface area contributed by atoms with Crippen molar-refractivity contribution < 1.29 is 0 Å². The first-order valence-electron chi connectivity index (χ1n) is 13.4. The fourth-order valence-corrected chi connectivity index (χ4v) is 9.02. The monoisotopic (exact) mass is 482 g/mol. The molecule has 0 saturated heterocycles. The number of rotatable bonds is 6. The number of amidine groups is 1. The van der Waals surface area contributed by atoms with Crippen molar-refractivity contribution in [1.82, 2.24) is 4.90 Å². The molecule has 1 aliphatic carbocycles. The summed E-state index contributed by atoms with van der Waals surface area (Å²) in [6, 6.07) is 27.5. The Hall–Kier alpha value is -2.44. The highest BCUT2D eigenvalue weighted by Crippen LogP contribution is 2.49. The maximum atomic E-state index is 5.49. The van der Waals surface area contributed by atoms with Gasteiger partial charge >= 0.3 is 0 Å². The first-order valence-corrected chi connectivity index (χ1v) is 15.0. The second-order valence-electron chi connectivity index (χ2n) is 10.4. The summed E-state index contributed by atoms with van der Waals surface area (Å²) < 4.78 is 0. The highest BCUT2D eigenvalue weighted by molar-refractivity contribution is 7.66. The maximum absolute atomic E-state index is 5.49. The molecule has 1 aliphatic heterocycles. The zero-order valence-corrected chi connectivity index (χ0v) is 22.6. The Morgan fingerprint density at radius 1 is 0.800 bits per heavy atom. The lowest BCUT2D eigenvalue weighted by Crippen LogP contribution is -2.32. The summed E-state index contributed by atoms with van der Waals surface area (Å²) >= 11 is 0. The van der Waals surface area contributed by atoms with Crippen molar-refractivity contribution in [3.8, 4) is 0 Å². The van der Waals surface area contributed by atoms with Crippen LogP contribution in [0.1, 0.15) is 78.9 Å². The summed E-state index contributed by atoms with van der Waals surface area (Å²) in [4.78, 5) is 7.95. The molecule has 3 heteroatoms. The van der Waals surface area contributed by atoms with Crippen LogP contribution in [0.2, 0.25) is 0 Å². The minimum absolute atomic E-state index is 0.0916. The normalized spacial score (nSPS) is 21.7. The van der Waals surface area contributed by atoms with Gasteiger partial charge in [-0.25, -0.2) is 0 Å². The van der Waals surface area contributed by atoms with E-state index < -0.39 is 0 Å². The third-order valence-electron chi connectivity index (χ3n) is 7.96. The molecular formula is C32H39N2P. The molecule has 3 atom stereocenters. The molecule has 1 unspecified atom stereocenters. The Bertz CT molecular complexity index is 1160. The van der Waals surface area contributed by atoms with Gasteiger partial charge in [-0.15, -0.1) is 0 Å². The van der Waals surface area contributed by atoms with E-state index in [4.69, 9.17) is 4.99 Å². The average Bonchev–Trinajstić information content (AvgIpc) is 3.23. The van der Waals surface area contributed by atoms with Crippen molar-refractivity contribution in [1.29, 1.82) is 0 Å². The van der Waals surface area contributed by atoms with Gasteiger partial charge < -0.3 is 4.90 Å². The highest BCUT2D eigenvalue weighted by Gasteiger charge is 2.38. The van der Waals surface area contributed by atoms with E-state index in [0.717, 1.165) is 11.5 Å². The summed E-state index contributed by atoms with van der Waals surface area (Å²) in [5.41, 5.74) is 7.45. The molecule has 3 aromatic carbocycles. The van der Waals surface area contributed by atoms with Gasteiger partial charge in [0.25, 0.3) is 0 Å². The van der Waals surface area contributed by atoms with Crippen molar-refractivity contribution in [2.75, 3.05) is 13.2 Å². The molecule has 2 aliphatic rings. The molecule has 0 bridgehead atoms. The van der Waals surface area contributed by atoms with Crippen LogP contribution in [-0.4, -0.2) is 29.6 Å². The van der Waals surface area contributed by atoms with E-state index in [-0.39, 0.29) is 20.0 Å². The van der Waals surface area contributed by atoms with Crippen molar-refractivity contribution in [3.63, 3.8) is 0 Å². The van der Waals surface area contributed by atoms with E-state index in [2.05, 4.69) is 106 Å². The van der Waals surface area contributed by atoms with E-state index >= 15 is 0 Å². The van der Waals surface area contributed by atoms with Gasteiger partial charge in [-0.1, -0.05) is 118 Å². The van der Waals surface area contributed by atoms with Crippen LogP contribution >= 0.6 is 7.92 Å². The topological polar surface area (TPSA) is 15.6 Å². The Kier molecular flexibility index (Phi) is 7.40. The largest absolute Gasteiger partial charge is 0.350 e. The Morgan fingerprint density at radius 2 is 1.40 bits per heavy atom. The first-order chi connectivity index (χ1) is 17.1. The third kappa shape index (κ3) is 4.96. The van der Waals surface area contributed by atoms with Crippen LogP contribution in [0.5, 0.6) is 0 Å². The lowest BCUT2D eigenvalue weighted by molar-refractivity contribution is 0.364. The fraction of sp³-hybridized carbons (Fsp3) is 0.406. The van der Waals surface area contributed by atoms with Gasteiger partial charge in [-0.2, -0.15) is 0 Å². The Morgan fingerprint density at radius 3 is 2.03 bits per heavy atom. The molecule has 5 rings (SSSR count). The molecule has 1 heterocycles. The smallest absolute Gasteiger partial charge is 0.132 e. The fourth-order valence-electron chi connectivity index (χ4n) is 6.02. The van der Waals surface area contributed by atoms with Gasteiger partial charge in [0.15, 0.2) is 0 Å². The number of nitrogens with zero attached hydrogens (tertiary/aromatic N) is 2. The number of aliphatic imine (C=N–C) groups is 1. The quantitative estimate of drug-likeness (QED) is 0.326. The Balaban J connectivity index is 1.58. The summed E-state index contributed by atoms with van der Waals surface area (Å²) in [5.74, 6) is 1.16. The van der Waals surface area contributed by atoms with E-state index in [9.17, 15) is 0 Å². The maximum Gasteiger partial charge on any atom is 0.132 e.